The molecule has 0 saturated carbocycles. The van der Waals surface area contributed by atoms with Gasteiger partial charge in [0, 0.05) is 30.8 Å². The van der Waals surface area contributed by atoms with Crippen LogP contribution < -0.4 is 11.1 Å². The zero-order chi connectivity index (χ0) is 21.8. The van der Waals surface area contributed by atoms with Gasteiger partial charge >= 0.3 is 0 Å². The largest absolute Gasteiger partial charge is 0.326 e. The van der Waals surface area contributed by atoms with Crippen molar-refractivity contribution in [3.8, 4) is 0 Å². The molecule has 3 aromatic rings. The maximum atomic E-state index is 13.6. The minimum absolute atomic E-state index is 0.180. The summed E-state index contributed by atoms with van der Waals surface area (Å²) in [5.41, 5.74) is 9.56. The number of hydrogen-bond acceptors (Lipinski definition) is 3. The summed E-state index contributed by atoms with van der Waals surface area (Å²) in [5, 5.41) is 2.77. The zero-order valence-electron chi connectivity index (χ0n) is 17.1. The van der Waals surface area contributed by atoms with E-state index in [1.165, 1.54) is 18.2 Å². The molecule has 1 atom stereocenters. The van der Waals surface area contributed by atoms with Gasteiger partial charge in [0.2, 0.25) is 5.91 Å². The molecule has 2 amide bonds. The first-order valence-electron chi connectivity index (χ1n) is 10.3. The van der Waals surface area contributed by atoms with Crippen LogP contribution in [0.4, 0.5) is 10.1 Å². The second-order valence-corrected chi connectivity index (χ2v) is 7.65. The Morgan fingerprint density at radius 2 is 1.84 bits per heavy atom. The SMILES string of the molecule is NCc1ccc2c(c1)CCN([C@@H](Cc1ccccc1)C(=O)Nc1cccc(F)c1)C2=O. The molecule has 31 heavy (non-hydrogen) atoms. The molecule has 6 heteroatoms. The van der Waals surface area contributed by atoms with E-state index in [4.69, 9.17) is 5.73 Å². The van der Waals surface area contributed by atoms with Crippen LogP contribution in [0.1, 0.15) is 27.0 Å². The molecule has 3 N–H and O–H groups in total. The van der Waals surface area contributed by atoms with Crippen LogP contribution in [0.25, 0.3) is 0 Å². The van der Waals surface area contributed by atoms with Crippen LogP contribution in [0.15, 0.2) is 72.8 Å². The third-order valence-electron chi connectivity index (χ3n) is 5.56. The first-order valence-corrected chi connectivity index (χ1v) is 10.3. The molecule has 4 rings (SSSR count). The molecular formula is C25H24FN3O2. The Morgan fingerprint density at radius 1 is 1.03 bits per heavy atom. The summed E-state index contributed by atoms with van der Waals surface area (Å²) in [7, 11) is 0. The van der Waals surface area contributed by atoms with Crippen molar-refractivity contribution in [1.82, 2.24) is 4.90 Å². The standard InChI is InChI=1S/C25H24FN3O2/c26-20-7-4-8-21(15-20)28-24(30)23(14-17-5-2-1-3-6-17)29-12-11-19-13-18(16-27)9-10-22(19)25(29)31/h1-10,13,15,23H,11-12,14,16,27H2,(H,28,30)/t23-/m0/s1. The third-order valence-corrected chi connectivity index (χ3v) is 5.56. The summed E-state index contributed by atoms with van der Waals surface area (Å²) in [4.78, 5) is 28.2. The fourth-order valence-corrected chi connectivity index (χ4v) is 3.96. The van der Waals surface area contributed by atoms with Gasteiger partial charge in [-0.3, -0.25) is 9.59 Å². The van der Waals surface area contributed by atoms with Crippen LogP contribution in [-0.4, -0.2) is 29.3 Å². The number of carbonyl (C=O) groups excluding carboxylic acids is 2. The number of hydrogen-bond donors (Lipinski definition) is 2. The summed E-state index contributed by atoms with van der Waals surface area (Å²) in [6, 6.07) is 20.2. The summed E-state index contributed by atoms with van der Waals surface area (Å²) in [6.45, 7) is 0.839. The molecule has 1 heterocycles. The quantitative estimate of drug-likeness (QED) is 0.644. The highest BCUT2D eigenvalue weighted by atomic mass is 19.1. The van der Waals surface area contributed by atoms with Crippen LogP contribution in [0, 0.1) is 5.82 Å². The Kier molecular flexibility index (Phi) is 6.09. The molecule has 5 nitrogen and oxygen atoms in total. The Labute approximate surface area is 180 Å². The van der Waals surface area contributed by atoms with Crippen molar-refractivity contribution in [2.45, 2.75) is 25.4 Å². The number of carbonyl (C=O) groups is 2. The molecule has 0 fully saturated rings. The van der Waals surface area contributed by atoms with Crippen LogP contribution in [0.5, 0.6) is 0 Å². The summed E-state index contributed by atoms with van der Waals surface area (Å²) in [5.74, 6) is -0.957. The molecule has 1 aliphatic rings. The second kappa shape index (κ2) is 9.10. The van der Waals surface area contributed by atoms with Gasteiger partial charge in [0.1, 0.15) is 11.9 Å². The molecule has 3 aromatic carbocycles. The van der Waals surface area contributed by atoms with Gasteiger partial charge in [0.05, 0.1) is 0 Å². The predicted octanol–water partition coefficient (Wildman–Crippen LogP) is 3.53. The minimum atomic E-state index is -0.722. The zero-order valence-corrected chi connectivity index (χ0v) is 17.1. The molecule has 0 unspecified atom stereocenters. The Morgan fingerprint density at radius 3 is 2.58 bits per heavy atom. The first-order chi connectivity index (χ1) is 15.0. The highest BCUT2D eigenvalue weighted by Gasteiger charge is 2.34. The monoisotopic (exact) mass is 417 g/mol. The summed E-state index contributed by atoms with van der Waals surface area (Å²) < 4.78 is 13.6. The van der Waals surface area contributed by atoms with E-state index < -0.39 is 11.9 Å². The van der Waals surface area contributed by atoms with E-state index in [1.54, 1.807) is 17.0 Å². The van der Waals surface area contributed by atoms with Crippen LogP contribution in [0.2, 0.25) is 0 Å². The van der Waals surface area contributed by atoms with Gasteiger partial charge in [-0.25, -0.2) is 4.39 Å². The van der Waals surface area contributed by atoms with Gasteiger partial charge in [-0.1, -0.05) is 48.5 Å². The van der Waals surface area contributed by atoms with E-state index in [0.717, 1.165) is 16.7 Å². The third kappa shape index (κ3) is 4.64. The van der Waals surface area contributed by atoms with Gasteiger partial charge in [-0.05, 0) is 47.4 Å². The highest BCUT2D eigenvalue weighted by molar-refractivity contribution is 6.02. The lowest BCUT2D eigenvalue weighted by Gasteiger charge is -2.35. The molecule has 158 valence electrons. The van der Waals surface area contributed by atoms with Gasteiger partial charge < -0.3 is 16.0 Å². The first kappa shape index (κ1) is 20.8. The van der Waals surface area contributed by atoms with E-state index in [9.17, 15) is 14.0 Å². The molecule has 0 saturated heterocycles. The Bertz CT molecular complexity index is 1100. The molecule has 0 spiro atoms. The van der Waals surface area contributed by atoms with Crippen molar-refractivity contribution >= 4 is 17.5 Å². The number of fused-ring (bicyclic) bond motifs is 1. The molecule has 0 aliphatic carbocycles. The second-order valence-electron chi connectivity index (χ2n) is 7.65. The Balaban J connectivity index is 1.63. The van der Waals surface area contributed by atoms with Crippen molar-refractivity contribution in [3.63, 3.8) is 0 Å². The topological polar surface area (TPSA) is 75.4 Å². The maximum absolute atomic E-state index is 13.6. The summed E-state index contributed by atoms with van der Waals surface area (Å²) >= 11 is 0. The fraction of sp³-hybridized carbons (Fsp3) is 0.200. The van der Waals surface area contributed by atoms with Gasteiger partial charge in [0.25, 0.3) is 5.91 Å². The van der Waals surface area contributed by atoms with Gasteiger partial charge in [0.15, 0.2) is 0 Å². The fourth-order valence-electron chi connectivity index (χ4n) is 3.96. The van der Waals surface area contributed by atoms with Crippen molar-refractivity contribution in [2.75, 3.05) is 11.9 Å². The van der Waals surface area contributed by atoms with E-state index in [0.29, 0.717) is 37.2 Å². The molecular weight excluding hydrogens is 393 g/mol. The number of nitrogens with two attached hydrogens (primary N) is 1. The number of amides is 2. The number of halogens is 1. The average molecular weight is 417 g/mol. The lowest BCUT2D eigenvalue weighted by molar-refractivity contribution is -0.120. The molecule has 0 aromatic heterocycles. The van der Waals surface area contributed by atoms with E-state index >= 15 is 0 Å². The predicted molar refractivity (Wildman–Crippen MR) is 118 cm³/mol. The van der Waals surface area contributed by atoms with Gasteiger partial charge in [-0.15, -0.1) is 0 Å². The highest BCUT2D eigenvalue weighted by Crippen LogP contribution is 2.24. The van der Waals surface area contributed by atoms with Crippen molar-refractivity contribution in [1.29, 1.82) is 0 Å². The number of nitrogens with one attached hydrogen (secondary N) is 1. The maximum Gasteiger partial charge on any atom is 0.254 e. The van der Waals surface area contributed by atoms with Crippen molar-refractivity contribution in [2.24, 2.45) is 5.73 Å². The number of nitrogens with zero attached hydrogens (tertiary/aromatic N) is 1. The van der Waals surface area contributed by atoms with E-state index in [-0.39, 0.29) is 11.8 Å². The van der Waals surface area contributed by atoms with E-state index in [2.05, 4.69) is 5.32 Å². The lowest BCUT2D eigenvalue weighted by Crippen LogP contribution is -2.51. The van der Waals surface area contributed by atoms with Crippen molar-refractivity contribution < 1.29 is 14.0 Å². The average Bonchev–Trinajstić information content (AvgIpc) is 2.78. The van der Waals surface area contributed by atoms with E-state index in [1.807, 2.05) is 42.5 Å². The molecule has 0 bridgehead atoms. The number of anilines is 1. The Hall–Kier alpha value is -3.51. The van der Waals surface area contributed by atoms with Crippen LogP contribution in [-0.2, 0) is 24.2 Å². The lowest BCUT2D eigenvalue weighted by atomic mass is 9.94. The van der Waals surface area contributed by atoms with Crippen molar-refractivity contribution in [3.05, 3.63) is 101 Å². The molecule has 0 radical (unpaired) electrons. The normalized spacial score (nSPS) is 14.1. The number of benzene rings is 3. The van der Waals surface area contributed by atoms with Crippen LogP contribution in [0.3, 0.4) is 0 Å². The minimum Gasteiger partial charge on any atom is -0.326 e. The van der Waals surface area contributed by atoms with Gasteiger partial charge in [-0.2, -0.15) is 0 Å². The summed E-state index contributed by atoms with van der Waals surface area (Å²) in [6.07, 6.45) is 1.01. The van der Waals surface area contributed by atoms with Crippen LogP contribution >= 0.6 is 0 Å². The smallest absolute Gasteiger partial charge is 0.254 e. The number of rotatable bonds is 6. The molecule has 1 aliphatic heterocycles.